The number of likely N-dealkylation sites (N-methyl/N-ethyl adjacent to an activating group) is 1. The topological polar surface area (TPSA) is 58.4 Å². The zero-order valence-corrected chi connectivity index (χ0v) is 11.6. The van der Waals surface area contributed by atoms with Crippen LogP contribution in [0.3, 0.4) is 0 Å². The molecule has 4 nitrogen and oxygen atoms in total. The number of carbonyl (C=O) groups excluding carboxylic acids is 1. The highest BCUT2D eigenvalue weighted by atomic mass is 16.1. The van der Waals surface area contributed by atoms with Gasteiger partial charge in [-0.1, -0.05) is 19.3 Å². The fourth-order valence-electron chi connectivity index (χ4n) is 3.59. The summed E-state index contributed by atoms with van der Waals surface area (Å²) in [6.07, 6.45) is 9.72. The van der Waals surface area contributed by atoms with E-state index in [1.807, 2.05) is 7.05 Å². The average Bonchev–Trinajstić information content (AvgIpc) is 2.39. The minimum Gasteiger partial charge on any atom is -0.368 e. The second-order valence-electron chi connectivity index (χ2n) is 6.10. The molecule has 18 heavy (non-hydrogen) atoms. The molecule has 104 valence electrons. The molecule has 1 saturated carbocycles. The predicted octanol–water partition coefficient (Wildman–Crippen LogP) is 1.11. The van der Waals surface area contributed by atoms with Crippen molar-refractivity contribution in [3.63, 3.8) is 0 Å². The van der Waals surface area contributed by atoms with Gasteiger partial charge in [-0.25, -0.2) is 0 Å². The van der Waals surface area contributed by atoms with Gasteiger partial charge in [-0.15, -0.1) is 0 Å². The number of hydrogen-bond acceptors (Lipinski definition) is 3. The van der Waals surface area contributed by atoms with Gasteiger partial charge in [0.1, 0.15) is 0 Å². The standard InChI is InChI=1S/C14H27N3O/c1-16-12(13(15)18)11-17-9-7-14(8-10-17)5-3-2-4-6-14/h12,16H,2-11H2,1H3,(H2,15,18). The summed E-state index contributed by atoms with van der Waals surface area (Å²) in [5.74, 6) is -0.240. The van der Waals surface area contributed by atoms with E-state index in [2.05, 4.69) is 10.2 Å². The summed E-state index contributed by atoms with van der Waals surface area (Å²) in [5.41, 5.74) is 6.01. The lowest BCUT2D eigenvalue weighted by atomic mass is 9.68. The fourth-order valence-corrected chi connectivity index (χ4v) is 3.59. The number of piperidine rings is 1. The van der Waals surface area contributed by atoms with Crippen LogP contribution in [0.25, 0.3) is 0 Å². The first-order valence-corrected chi connectivity index (χ1v) is 7.34. The van der Waals surface area contributed by atoms with Crippen LogP contribution in [-0.2, 0) is 4.79 Å². The lowest BCUT2D eigenvalue weighted by molar-refractivity contribution is -0.120. The Balaban J connectivity index is 1.80. The van der Waals surface area contributed by atoms with Crippen LogP contribution in [-0.4, -0.2) is 43.5 Å². The Morgan fingerprint density at radius 2 is 1.83 bits per heavy atom. The molecule has 2 fully saturated rings. The first-order valence-electron chi connectivity index (χ1n) is 7.34. The summed E-state index contributed by atoms with van der Waals surface area (Å²) in [5, 5.41) is 3.00. The van der Waals surface area contributed by atoms with Crippen LogP contribution >= 0.6 is 0 Å². The lowest BCUT2D eigenvalue weighted by Crippen LogP contribution is -2.51. The second kappa shape index (κ2) is 6.02. The van der Waals surface area contributed by atoms with Gasteiger partial charge in [0.05, 0.1) is 6.04 Å². The number of carbonyl (C=O) groups is 1. The third-order valence-electron chi connectivity index (χ3n) is 4.96. The molecule has 0 aromatic heterocycles. The molecular weight excluding hydrogens is 226 g/mol. The van der Waals surface area contributed by atoms with Gasteiger partial charge in [0.15, 0.2) is 0 Å². The van der Waals surface area contributed by atoms with Crippen molar-refractivity contribution in [1.82, 2.24) is 10.2 Å². The number of nitrogens with one attached hydrogen (secondary N) is 1. The van der Waals surface area contributed by atoms with E-state index in [4.69, 9.17) is 5.73 Å². The average molecular weight is 253 g/mol. The second-order valence-corrected chi connectivity index (χ2v) is 6.10. The predicted molar refractivity (Wildman–Crippen MR) is 73.2 cm³/mol. The Hall–Kier alpha value is -0.610. The molecule has 0 aromatic rings. The molecule has 1 aliphatic heterocycles. The van der Waals surface area contributed by atoms with Gasteiger partial charge < -0.3 is 16.0 Å². The van der Waals surface area contributed by atoms with Crippen molar-refractivity contribution < 1.29 is 4.79 Å². The molecule has 4 heteroatoms. The van der Waals surface area contributed by atoms with Crippen molar-refractivity contribution >= 4 is 5.91 Å². The van der Waals surface area contributed by atoms with E-state index in [0.717, 1.165) is 19.6 Å². The van der Waals surface area contributed by atoms with Gasteiger partial charge in [0, 0.05) is 6.54 Å². The first-order chi connectivity index (χ1) is 8.65. The van der Waals surface area contributed by atoms with Crippen LogP contribution in [0.4, 0.5) is 0 Å². The summed E-state index contributed by atoms with van der Waals surface area (Å²) < 4.78 is 0. The van der Waals surface area contributed by atoms with E-state index >= 15 is 0 Å². The molecule has 1 amide bonds. The van der Waals surface area contributed by atoms with Crippen molar-refractivity contribution in [2.45, 2.75) is 51.0 Å². The van der Waals surface area contributed by atoms with Crippen LogP contribution < -0.4 is 11.1 Å². The van der Waals surface area contributed by atoms with Gasteiger partial charge in [0.2, 0.25) is 5.91 Å². The van der Waals surface area contributed by atoms with E-state index in [1.165, 1.54) is 44.9 Å². The number of hydrogen-bond donors (Lipinski definition) is 2. The summed E-state index contributed by atoms with van der Waals surface area (Å²) in [4.78, 5) is 13.6. The van der Waals surface area contributed by atoms with Crippen molar-refractivity contribution in [3.8, 4) is 0 Å². The van der Waals surface area contributed by atoms with Crippen LogP contribution in [0.5, 0.6) is 0 Å². The molecule has 0 bridgehead atoms. The number of primary amides is 1. The Morgan fingerprint density at radius 3 is 2.33 bits per heavy atom. The number of rotatable bonds is 4. The summed E-state index contributed by atoms with van der Waals surface area (Å²) in [6, 6.07) is -0.203. The minimum atomic E-state index is -0.240. The maximum atomic E-state index is 11.2. The number of nitrogens with two attached hydrogens (primary N) is 1. The molecule has 2 rings (SSSR count). The molecule has 1 heterocycles. The van der Waals surface area contributed by atoms with Crippen molar-refractivity contribution in [1.29, 1.82) is 0 Å². The molecule has 1 unspecified atom stereocenters. The van der Waals surface area contributed by atoms with Crippen LogP contribution in [0, 0.1) is 5.41 Å². The fraction of sp³-hybridized carbons (Fsp3) is 0.929. The quantitative estimate of drug-likeness (QED) is 0.789. The first kappa shape index (κ1) is 13.8. The van der Waals surface area contributed by atoms with Gasteiger partial charge in [-0.3, -0.25) is 4.79 Å². The Labute approximate surface area is 110 Å². The van der Waals surface area contributed by atoms with Gasteiger partial charge in [0.25, 0.3) is 0 Å². The molecule has 2 aliphatic rings. The lowest BCUT2D eigenvalue weighted by Gasteiger charge is -2.44. The van der Waals surface area contributed by atoms with Crippen molar-refractivity contribution in [2.75, 3.05) is 26.7 Å². The highest BCUT2D eigenvalue weighted by Gasteiger charge is 2.35. The van der Waals surface area contributed by atoms with E-state index in [-0.39, 0.29) is 11.9 Å². The third kappa shape index (κ3) is 3.23. The molecule has 3 N–H and O–H groups in total. The highest BCUT2D eigenvalue weighted by molar-refractivity contribution is 5.80. The molecule has 1 spiro atoms. The van der Waals surface area contributed by atoms with Crippen molar-refractivity contribution in [2.24, 2.45) is 11.1 Å². The summed E-state index contributed by atoms with van der Waals surface area (Å²) in [6.45, 7) is 3.03. The maximum Gasteiger partial charge on any atom is 0.235 e. The molecule has 0 aromatic carbocycles. The highest BCUT2D eigenvalue weighted by Crippen LogP contribution is 2.44. The number of amides is 1. The number of nitrogens with zero attached hydrogens (tertiary/aromatic N) is 1. The molecule has 1 atom stereocenters. The Morgan fingerprint density at radius 1 is 1.22 bits per heavy atom. The zero-order valence-electron chi connectivity index (χ0n) is 11.6. The van der Waals surface area contributed by atoms with Crippen molar-refractivity contribution in [3.05, 3.63) is 0 Å². The molecular formula is C14H27N3O. The van der Waals surface area contributed by atoms with Gasteiger partial charge in [-0.05, 0) is 51.2 Å². The summed E-state index contributed by atoms with van der Waals surface area (Å²) >= 11 is 0. The normalized spacial score (nSPS) is 26.1. The smallest absolute Gasteiger partial charge is 0.235 e. The maximum absolute atomic E-state index is 11.2. The van der Waals surface area contributed by atoms with E-state index in [0.29, 0.717) is 5.41 Å². The molecule has 1 aliphatic carbocycles. The van der Waals surface area contributed by atoms with E-state index in [1.54, 1.807) is 0 Å². The van der Waals surface area contributed by atoms with Crippen LogP contribution in [0.2, 0.25) is 0 Å². The van der Waals surface area contributed by atoms with E-state index in [9.17, 15) is 4.79 Å². The van der Waals surface area contributed by atoms with Gasteiger partial charge >= 0.3 is 0 Å². The SMILES string of the molecule is CNC(CN1CCC2(CCCCC2)CC1)C(N)=O. The summed E-state index contributed by atoms with van der Waals surface area (Å²) in [7, 11) is 1.81. The number of likely N-dealkylation sites (tertiary alicyclic amines) is 1. The van der Waals surface area contributed by atoms with Crippen LogP contribution in [0.1, 0.15) is 44.9 Å². The van der Waals surface area contributed by atoms with E-state index < -0.39 is 0 Å². The molecule has 1 saturated heterocycles. The zero-order chi connectivity index (χ0) is 13.0. The minimum absolute atomic E-state index is 0.203. The monoisotopic (exact) mass is 253 g/mol. The third-order valence-corrected chi connectivity index (χ3v) is 4.96. The Bertz CT molecular complexity index is 277. The molecule has 0 radical (unpaired) electrons. The van der Waals surface area contributed by atoms with Gasteiger partial charge in [-0.2, -0.15) is 0 Å². The Kier molecular flexibility index (Phi) is 4.62. The van der Waals surface area contributed by atoms with Crippen LogP contribution in [0.15, 0.2) is 0 Å². The largest absolute Gasteiger partial charge is 0.368 e.